The molecule has 8 heteroatoms. The zero-order valence-electron chi connectivity index (χ0n) is 10.1. The number of aromatic nitrogens is 3. The molecule has 1 aromatic heterocycles. The number of rotatable bonds is 4. The van der Waals surface area contributed by atoms with Gasteiger partial charge in [-0.2, -0.15) is 5.10 Å². The van der Waals surface area contributed by atoms with E-state index >= 15 is 0 Å². The molecule has 0 saturated carbocycles. The molecule has 2 rings (SSSR count). The Morgan fingerprint density at radius 3 is 2.95 bits per heavy atom. The molecule has 1 aromatic carbocycles. The number of nitro benzene ring substituents is 1. The number of aromatic amines is 1. The average molecular weight is 261 g/mol. The molecule has 0 saturated heterocycles. The number of H-pyrrole nitrogens is 1. The lowest BCUT2D eigenvalue weighted by molar-refractivity contribution is -0.384. The zero-order valence-corrected chi connectivity index (χ0v) is 10.1. The molecule has 1 heterocycles. The van der Waals surface area contributed by atoms with Gasteiger partial charge < -0.3 is 4.90 Å². The van der Waals surface area contributed by atoms with Crippen molar-refractivity contribution in [2.24, 2.45) is 0 Å². The molecule has 1 N–H and O–H groups in total. The molecule has 2 aromatic rings. The zero-order chi connectivity index (χ0) is 13.8. The smallest absolute Gasteiger partial charge is 0.291 e. The topological polar surface area (TPSA) is 105 Å². The Morgan fingerprint density at radius 1 is 1.53 bits per heavy atom. The number of nitro groups is 1. The van der Waals surface area contributed by atoms with Crippen LogP contribution in [0.25, 0.3) is 0 Å². The van der Waals surface area contributed by atoms with Crippen LogP contribution in [0.2, 0.25) is 0 Å². The van der Waals surface area contributed by atoms with Crippen molar-refractivity contribution in [2.75, 3.05) is 7.05 Å². The summed E-state index contributed by atoms with van der Waals surface area (Å²) in [5.74, 6) is -0.197. The van der Waals surface area contributed by atoms with E-state index in [1.54, 1.807) is 19.2 Å². The van der Waals surface area contributed by atoms with Gasteiger partial charge in [-0.1, -0.05) is 12.1 Å². The van der Waals surface area contributed by atoms with Crippen molar-refractivity contribution < 1.29 is 9.72 Å². The maximum Gasteiger partial charge on any atom is 0.291 e. The standard InChI is InChI=1S/C11H11N5O3/c1-15(11(17)10-12-7-13-14-10)6-8-3-2-4-9(5-8)16(18)19/h2-5,7H,6H2,1H3,(H,12,13,14). The van der Waals surface area contributed by atoms with E-state index in [0.29, 0.717) is 5.56 Å². The van der Waals surface area contributed by atoms with Crippen LogP contribution in [0.3, 0.4) is 0 Å². The van der Waals surface area contributed by atoms with Crippen LogP contribution in [0.1, 0.15) is 16.2 Å². The van der Waals surface area contributed by atoms with E-state index in [1.165, 1.54) is 23.4 Å². The Labute approximate surface area is 108 Å². The number of hydrogen-bond acceptors (Lipinski definition) is 5. The molecule has 0 fully saturated rings. The molecule has 98 valence electrons. The Balaban J connectivity index is 2.10. The maximum absolute atomic E-state index is 11.9. The largest absolute Gasteiger partial charge is 0.335 e. The van der Waals surface area contributed by atoms with Crippen molar-refractivity contribution in [3.05, 3.63) is 52.1 Å². The van der Waals surface area contributed by atoms with Crippen molar-refractivity contribution in [1.29, 1.82) is 0 Å². The predicted molar refractivity (Wildman–Crippen MR) is 65.3 cm³/mol. The van der Waals surface area contributed by atoms with Crippen LogP contribution in [0.15, 0.2) is 30.6 Å². The lowest BCUT2D eigenvalue weighted by Crippen LogP contribution is -2.27. The summed E-state index contributed by atoms with van der Waals surface area (Å²) >= 11 is 0. The molecule has 0 spiro atoms. The first-order valence-corrected chi connectivity index (χ1v) is 5.42. The van der Waals surface area contributed by atoms with Crippen LogP contribution in [-0.2, 0) is 6.54 Å². The van der Waals surface area contributed by atoms with E-state index in [4.69, 9.17) is 0 Å². The normalized spacial score (nSPS) is 10.2. The van der Waals surface area contributed by atoms with E-state index < -0.39 is 4.92 Å². The average Bonchev–Trinajstić information content (AvgIpc) is 2.92. The fourth-order valence-electron chi connectivity index (χ4n) is 1.60. The van der Waals surface area contributed by atoms with Gasteiger partial charge >= 0.3 is 0 Å². The summed E-state index contributed by atoms with van der Waals surface area (Å²) in [4.78, 5) is 27.2. The molecule has 0 unspecified atom stereocenters. The fourth-order valence-corrected chi connectivity index (χ4v) is 1.60. The van der Waals surface area contributed by atoms with Crippen molar-refractivity contribution in [2.45, 2.75) is 6.54 Å². The summed E-state index contributed by atoms with van der Waals surface area (Å²) in [6.07, 6.45) is 1.24. The summed E-state index contributed by atoms with van der Waals surface area (Å²) in [6.45, 7) is 0.251. The summed E-state index contributed by atoms with van der Waals surface area (Å²) in [5.41, 5.74) is 0.669. The third kappa shape index (κ3) is 2.92. The SMILES string of the molecule is CN(Cc1cccc([N+](=O)[O-])c1)C(=O)c1ncn[nH]1. The summed E-state index contributed by atoms with van der Waals surface area (Å²) in [7, 11) is 1.59. The highest BCUT2D eigenvalue weighted by Gasteiger charge is 2.15. The molecule has 0 aliphatic heterocycles. The lowest BCUT2D eigenvalue weighted by Gasteiger charge is -2.15. The number of carbonyl (C=O) groups excluding carboxylic acids is 1. The molecule has 19 heavy (non-hydrogen) atoms. The number of hydrogen-bond donors (Lipinski definition) is 1. The number of benzene rings is 1. The first kappa shape index (κ1) is 12.7. The number of nitrogens with one attached hydrogen (secondary N) is 1. The van der Waals surface area contributed by atoms with E-state index in [2.05, 4.69) is 15.2 Å². The van der Waals surface area contributed by atoms with Crippen LogP contribution in [0.4, 0.5) is 5.69 Å². The van der Waals surface area contributed by atoms with Gasteiger partial charge in [-0.25, -0.2) is 4.98 Å². The summed E-state index contributed by atoms with van der Waals surface area (Å²) in [5, 5.41) is 16.7. The minimum absolute atomic E-state index is 0.00184. The monoisotopic (exact) mass is 261 g/mol. The molecule has 1 amide bonds. The van der Waals surface area contributed by atoms with Crippen molar-refractivity contribution in [3.8, 4) is 0 Å². The third-order valence-corrected chi connectivity index (χ3v) is 2.51. The Kier molecular flexibility index (Phi) is 3.51. The van der Waals surface area contributed by atoms with Gasteiger partial charge in [0.05, 0.1) is 4.92 Å². The van der Waals surface area contributed by atoms with Gasteiger partial charge in [-0.3, -0.25) is 20.0 Å². The van der Waals surface area contributed by atoms with Crippen LogP contribution in [0, 0.1) is 10.1 Å². The van der Waals surface area contributed by atoms with E-state index in [0.717, 1.165) is 0 Å². The van der Waals surface area contributed by atoms with E-state index in [-0.39, 0.29) is 24.0 Å². The second kappa shape index (κ2) is 5.25. The van der Waals surface area contributed by atoms with Crippen molar-refractivity contribution >= 4 is 11.6 Å². The first-order chi connectivity index (χ1) is 9.08. The summed E-state index contributed by atoms with van der Waals surface area (Å²) in [6, 6.07) is 6.14. The van der Waals surface area contributed by atoms with Crippen LogP contribution in [0.5, 0.6) is 0 Å². The molecule has 0 atom stereocenters. The minimum Gasteiger partial charge on any atom is -0.335 e. The molecule has 0 aliphatic carbocycles. The summed E-state index contributed by atoms with van der Waals surface area (Å²) < 4.78 is 0. The highest BCUT2D eigenvalue weighted by Crippen LogP contribution is 2.14. The maximum atomic E-state index is 11.9. The Morgan fingerprint density at radius 2 is 2.32 bits per heavy atom. The van der Waals surface area contributed by atoms with Gasteiger partial charge in [0.25, 0.3) is 11.6 Å². The van der Waals surface area contributed by atoms with Crippen LogP contribution >= 0.6 is 0 Å². The second-order valence-electron chi connectivity index (χ2n) is 3.92. The predicted octanol–water partition coefficient (Wildman–Crippen LogP) is 0.985. The number of nitrogens with zero attached hydrogens (tertiary/aromatic N) is 4. The third-order valence-electron chi connectivity index (χ3n) is 2.51. The van der Waals surface area contributed by atoms with Gasteiger partial charge in [-0.15, -0.1) is 0 Å². The quantitative estimate of drug-likeness (QED) is 0.652. The second-order valence-corrected chi connectivity index (χ2v) is 3.92. The van der Waals surface area contributed by atoms with E-state index in [1.807, 2.05) is 0 Å². The van der Waals surface area contributed by atoms with Gasteiger partial charge in [-0.05, 0) is 5.56 Å². The Hall–Kier alpha value is -2.77. The first-order valence-electron chi connectivity index (χ1n) is 5.42. The highest BCUT2D eigenvalue weighted by atomic mass is 16.6. The van der Waals surface area contributed by atoms with Crippen molar-refractivity contribution in [3.63, 3.8) is 0 Å². The highest BCUT2D eigenvalue weighted by molar-refractivity contribution is 5.90. The fraction of sp³-hybridized carbons (Fsp3) is 0.182. The van der Waals surface area contributed by atoms with Gasteiger partial charge in [0.15, 0.2) is 0 Å². The Bertz CT molecular complexity index is 596. The molecule has 0 aliphatic rings. The number of non-ortho nitro benzene ring substituents is 1. The van der Waals surface area contributed by atoms with E-state index in [9.17, 15) is 14.9 Å². The number of amides is 1. The molecule has 0 bridgehead atoms. The molecular weight excluding hydrogens is 250 g/mol. The molecule has 8 nitrogen and oxygen atoms in total. The molecular formula is C11H11N5O3. The minimum atomic E-state index is -0.470. The lowest BCUT2D eigenvalue weighted by atomic mass is 10.2. The van der Waals surface area contributed by atoms with Gasteiger partial charge in [0.2, 0.25) is 5.82 Å². The molecule has 0 radical (unpaired) electrons. The van der Waals surface area contributed by atoms with Crippen LogP contribution < -0.4 is 0 Å². The van der Waals surface area contributed by atoms with Gasteiger partial charge in [0, 0.05) is 25.7 Å². The van der Waals surface area contributed by atoms with Gasteiger partial charge in [0.1, 0.15) is 6.33 Å². The van der Waals surface area contributed by atoms with Crippen molar-refractivity contribution in [1.82, 2.24) is 20.1 Å². The number of carbonyl (C=O) groups is 1. The van der Waals surface area contributed by atoms with Crippen LogP contribution in [-0.4, -0.2) is 38.0 Å².